The van der Waals surface area contributed by atoms with Gasteiger partial charge in [-0.2, -0.15) is 0 Å². The van der Waals surface area contributed by atoms with Crippen LogP contribution >= 0.6 is 0 Å². The van der Waals surface area contributed by atoms with E-state index in [1.807, 2.05) is 6.92 Å². The van der Waals surface area contributed by atoms with Crippen LogP contribution in [0.2, 0.25) is 0 Å². The lowest BCUT2D eigenvalue weighted by Gasteiger charge is -2.08. The van der Waals surface area contributed by atoms with Gasteiger partial charge in [-0.15, -0.1) is 0 Å². The van der Waals surface area contributed by atoms with E-state index in [9.17, 15) is 4.79 Å². The molecule has 0 saturated carbocycles. The summed E-state index contributed by atoms with van der Waals surface area (Å²) in [6.07, 6.45) is 4.66. The van der Waals surface area contributed by atoms with Gasteiger partial charge < -0.3 is 10.1 Å². The number of nitrogens with one attached hydrogen (secondary N) is 1. The van der Waals surface area contributed by atoms with Crippen molar-refractivity contribution in [3.63, 3.8) is 0 Å². The third kappa shape index (κ3) is 5.27. The zero-order valence-corrected chi connectivity index (χ0v) is 11.4. The molecule has 0 fully saturated rings. The number of ketones is 1. The normalized spacial score (nSPS) is 10.7. The molecule has 0 spiro atoms. The van der Waals surface area contributed by atoms with Gasteiger partial charge in [-0.25, -0.2) is 0 Å². The molecule has 1 heterocycles. The number of Topliss-reactive ketones (excluding diaryl/α,β-unsaturated/α-hetero) is 1. The Balaban J connectivity index is 2.51. The molecule has 0 aliphatic rings. The van der Waals surface area contributed by atoms with Crippen molar-refractivity contribution in [3.8, 4) is 5.75 Å². The molecule has 0 unspecified atom stereocenters. The summed E-state index contributed by atoms with van der Waals surface area (Å²) in [6, 6.07) is 2.16. The molecule has 0 aromatic carbocycles. The van der Waals surface area contributed by atoms with Crippen LogP contribution in [0.5, 0.6) is 5.75 Å². The lowest BCUT2D eigenvalue weighted by Crippen LogP contribution is -2.25. The summed E-state index contributed by atoms with van der Waals surface area (Å²) in [6.45, 7) is 7.50. The zero-order chi connectivity index (χ0) is 13.4. The smallest absolute Gasteiger partial charge is 0.165 e. The van der Waals surface area contributed by atoms with Crippen molar-refractivity contribution in [2.45, 2.75) is 39.7 Å². The predicted octanol–water partition coefficient (Wildman–Crippen LogP) is 2.44. The minimum atomic E-state index is 0.0950. The van der Waals surface area contributed by atoms with E-state index in [0.717, 1.165) is 6.42 Å². The topological polar surface area (TPSA) is 51.2 Å². The molecular weight excluding hydrogens is 228 g/mol. The molecule has 0 aliphatic carbocycles. The average Bonchev–Trinajstić information content (AvgIpc) is 2.36. The summed E-state index contributed by atoms with van der Waals surface area (Å²) in [5.74, 6) is 0.761. The van der Waals surface area contributed by atoms with E-state index in [1.54, 1.807) is 18.5 Å². The Hall–Kier alpha value is -1.42. The molecule has 0 bridgehead atoms. The highest BCUT2D eigenvalue weighted by atomic mass is 16.5. The summed E-state index contributed by atoms with van der Waals surface area (Å²) >= 11 is 0. The molecule has 1 rings (SSSR count). The molecule has 1 aromatic heterocycles. The number of aromatic nitrogens is 1. The summed E-state index contributed by atoms with van der Waals surface area (Å²) in [5.41, 5.74) is 0.620. The monoisotopic (exact) mass is 250 g/mol. The van der Waals surface area contributed by atoms with Crippen LogP contribution in [0.3, 0.4) is 0 Å². The molecule has 0 radical (unpaired) electrons. The van der Waals surface area contributed by atoms with Gasteiger partial charge in [0.15, 0.2) is 5.78 Å². The quantitative estimate of drug-likeness (QED) is 0.720. The van der Waals surface area contributed by atoms with Gasteiger partial charge in [-0.3, -0.25) is 9.78 Å². The van der Waals surface area contributed by atoms with Gasteiger partial charge in [0.1, 0.15) is 5.75 Å². The van der Waals surface area contributed by atoms with E-state index in [4.69, 9.17) is 4.74 Å². The van der Waals surface area contributed by atoms with Crippen molar-refractivity contribution >= 4 is 5.78 Å². The molecule has 1 N–H and O–H groups in total. The van der Waals surface area contributed by atoms with Gasteiger partial charge in [-0.1, -0.05) is 20.8 Å². The van der Waals surface area contributed by atoms with Crippen LogP contribution in [0.15, 0.2) is 18.5 Å². The maximum Gasteiger partial charge on any atom is 0.165 e. The van der Waals surface area contributed by atoms with Gasteiger partial charge in [0.2, 0.25) is 0 Å². The highest BCUT2D eigenvalue weighted by Crippen LogP contribution is 2.12. The van der Waals surface area contributed by atoms with E-state index in [0.29, 0.717) is 36.9 Å². The fraction of sp³-hybridized carbons (Fsp3) is 0.571. The largest absolute Gasteiger partial charge is 0.492 e. The van der Waals surface area contributed by atoms with Crippen molar-refractivity contribution in [1.29, 1.82) is 0 Å². The summed E-state index contributed by atoms with van der Waals surface area (Å²) in [7, 11) is 0. The SMILES string of the molecule is CCCOc1cncc(C(=O)CCNC(C)C)c1. The Labute approximate surface area is 109 Å². The Morgan fingerprint density at radius 3 is 2.89 bits per heavy atom. The molecule has 0 atom stereocenters. The standard InChI is InChI=1S/C14H22N2O2/c1-4-7-18-13-8-12(9-15-10-13)14(17)5-6-16-11(2)3/h8-11,16H,4-7H2,1-3H3. The zero-order valence-electron chi connectivity index (χ0n) is 11.4. The predicted molar refractivity (Wildman–Crippen MR) is 72.1 cm³/mol. The first-order valence-electron chi connectivity index (χ1n) is 6.48. The van der Waals surface area contributed by atoms with Crippen molar-refractivity contribution in [3.05, 3.63) is 24.0 Å². The van der Waals surface area contributed by atoms with Gasteiger partial charge in [0.05, 0.1) is 12.8 Å². The molecule has 4 heteroatoms. The highest BCUT2D eigenvalue weighted by molar-refractivity contribution is 5.96. The van der Waals surface area contributed by atoms with Crippen LogP contribution in [-0.2, 0) is 0 Å². The summed E-state index contributed by atoms with van der Waals surface area (Å²) in [5, 5.41) is 3.22. The van der Waals surface area contributed by atoms with E-state index in [-0.39, 0.29) is 5.78 Å². The fourth-order valence-electron chi connectivity index (χ4n) is 1.49. The number of ether oxygens (including phenoxy) is 1. The van der Waals surface area contributed by atoms with E-state index in [1.165, 1.54) is 0 Å². The lowest BCUT2D eigenvalue weighted by atomic mass is 10.1. The minimum Gasteiger partial charge on any atom is -0.492 e. The second-order valence-corrected chi connectivity index (χ2v) is 4.54. The van der Waals surface area contributed by atoms with Gasteiger partial charge in [0, 0.05) is 30.8 Å². The Kier molecular flexibility index (Phi) is 6.36. The van der Waals surface area contributed by atoms with Crippen LogP contribution in [-0.4, -0.2) is 30.0 Å². The molecule has 4 nitrogen and oxygen atoms in total. The number of carbonyl (C=O) groups excluding carboxylic acids is 1. The molecule has 0 amide bonds. The van der Waals surface area contributed by atoms with Crippen molar-refractivity contribution in [1.82, 2.24) is 10.3 Å². The molecular formula is C14H22N2O2. The second kappa shape index (κ2) is 7.82. The number of hydrogen-bond acceptors (Lipinski definition) is 4. The van der Waals surface area contributed by atoms with Gasteiger partial charge in [-0.05, 0) is 12.5 Å². The number of rotatable bonds is 8. The molecule has 100 valence electrons. The van der Waals surface area contributed by atoms with Crippen LogP contribution in [0.25, 0.3) is 0 Å². The minimum absolute atomic E-state index is 0.0950. The number of hydrogen-bond donors (Lipinski definition) is 1. The molecule has 0 saturated heterocycles. The number of nitrogens with zero attached hydrogens (tertiary/aromatic N) is 1. The van der Waals surface area contributed by atoms with Crippen LogP contribution in [0.4, 0.5) is 0 Å². The summed E-state index contributed by atoms with van der Waals surface area (Å²) in [4.78, 5) is 16.0. The fourth-order valence-corrected chi connectivity index (χ4v) is 1.49. The molecule has 1 aromatic rings. The number of carbonyl (C=O) groups is 1. The van der Waals surface area contributed by atoms with E-state index >= 15 is 0 Å². The lowest BCUT2D eigenvalue weighted by molar-refractivity contribution is 0.0981. The first kappa shape index (κ1) is 14.6. The second-order valence-electron chi connectivity index (χ2n) is 4.54. The van der Waals surface area contributed by atoms with Crippen molar-refractivity contribution in [2.75, 3.05) is 13.2 Å². The Bertz CT molecular complexity index is 378. The van der Waals surface area contributed by atoms with Gasteiger partial charge in [0.25, 0.3) is 0 Å². The van der Waals surface area contributed by atoms with Crippen molar-refractivity contribution in [2.24, 2.45) is 0 Å². The van der Waals surface area contributed by atoms with Crippen LogP contribution < -0.4 is 10.1 Å². The van der Waals surface area contributed by atoms with Gasteiger partial charge >= 0.3 is 0 Å². The third-order valence-corrected chi connectivity index (χ3v) is 2.41. The van der Waals surface area contributed by atoms with E-state index < -0.39 is 0 Å². The van der Waals surface area contributed by atoms with Crippen LogP contribution in [0.1, 0.15) is 44.0 Å². The van der Waals surface area contributed by atoms with Crippen LogP contribution in [0, 0.1) is 0 Å². The Morgan fingerprint density at radius 2 is 2.22 bits per heavy atom. The first-order chi connectivity index (χ1) is 8.63. The maximum absolute atomic E-state index is 11.9. The molecule has 18 heavy (non-hydrogen) atoms. The Morgan fingerprint density at radius 1 is 1.44 bits per heavy atom. The van der Waals surface area contributed by atoms with E-state index in [2.05, 4.69) is 24.1 Å². The first-order valence-corrected chi connectivity index (χ1v) is 6.48. The molecule has 0 aliphatic heterocycles. The van der Waals surface area contributed by atoms with Crippen molar-refractivity contribution < 1.29 is 9.53 Å². The average molecular weight is 250 g/mol. The maximum atomic E-state index is 11.9. The summed E-state index contributed by atoms with van der Waals surface area (Å²) < 4.78 is 5.46. The third-order valence-electron chi connectivity index (χ3n) is 2.41. The number of pyridine rings is 1. The highest BCUT2D eigenvalue weighted by Gasteiger charge is 2.07.